The molecule has 1 amide bonds. The summed E-state index contributed by atoms with van der Waals surface area (Å²) in [6.07, 6.45) is 1.25. The number of anilines is 1. The van der Waals surface area contributed by atoms with E-state index in [4.69, 9.17) is 5.73 Å². The first kappa shape index (κ1) is 15.4. The number of halogens is 1. The lowest BCUT2D eigenvalue weighted by atomic mass is 9.87. The van der Waals surface area contributed by atoms with Crippen molar-refractivity contribution in [2.75, 3.05) is 11.9 Å². The van der Waals surface area contributed by atoms with E-state index in [1.165, 1.54) is 6.07 Å². The number of carbonyl (C=O) groups excluding carboxylic acids is 1. The van der Waals surface area contributed by atoms with Gasteiger partial charge in [0, 0.05) is 30.6 Å². The van der Waals surface area contributed by atoms with Crippen LogP contribution in [0.15, 0.2) is 41.4 Å². The summed E-state index contributed by atoms with van der Waals surface area (Å²) in [4.78, 5) is 19.3. The summed E-state index contributed by atoms with van der Waals surface area (Å²) in [5.74, 6) is -0.0677. The Labute approximate surface area is 150 Å². The lowest BCUT2D eigenvalue weighted by Gasteiger charge is -2.44. The molecule has 3 N–H and O–H groups in total. The molecular formula is C20H19FN4O. The van der Waals surface area contributed by atoms with E-state index in [0.717, 1.165) is 16.7 Å². The molecule has 26 heavy (non-hydrogen) atoms. The van der Waals surface area contributed by atoms with Crippen LogP contribution in [0, 0.1) is 12.7 Å². The highest BCUT2D eigenvalue weighted by atomic mass is 19.1. The summed E-state index contributed by atoms with van der Waals surface area (Å²) in [7, 11) is 0. The highest BCUT2D eigenvalue weighted by Gasteiger charge is 2.48. The van der Waals surface area contributed by atoms with Gasteiger partial charge in [0.1, 0.15) is 17.3 Å². The molecule has 0 bridgehead atoms. The molecule has 1 saturated heterocycles. The van der Waals surface area contributed by atoms with Crippen molar-refractivity contribution in [3.8, 4) is 0 Å². The Bertz CT molecular complexity index is 986. The van der Waals surface area contributed by atoms with Gasteiger partial charge in [0.15, 0.2) is 0 Å². The Kier molecular flexibility index (Phi) is 2.99. The van der Waals surface area contributed by atoms with Crippen LogP contribution in [0.4, 0.5) is 10.1 Å². The van der Waals surface area contributed by atoms with Crippen molar-refractivity contribution in [3.05, 3.63) is 64.5 Å². The molecular weight excluding hydrogens is 331 g/mol. The second-order valence-corrected chi connectivity index (χ2v) is 7.38. The molecule has 2 aromatic rings. The van der Waals surface area contributed by atoms with Gasteiger partial charge in [-0.1, -0.05) is 23.8 Å². The first-order valence-electron chi connectivity index (χ1n) is 8.81. The summed E-state index contributed by atoms with van der Waals surface area (Å²) < 4.78 is 14.1. The normalized spacial score (nSPS) is 26.1. The summed E-state index contributed by atoms with van der Waals surface area (Å²) in [6, 6.07) is 10.9. The number of amidine groups is 1. The Morgan fingerprint density at radius 1 is 1.35 bits per heavy atom. The standard InChI is InChI=1S/C20H19FN4O/c1-11-5-6-12-13(9-11)19(26)25-8-7-20(10-16(12)25)23-15-4-2-3-14(21)17(15)18(22)24-20/h2-6,9,16,23H,7-8,10H2,1H3,(H2,22,24)/t16?,20-/m1/s1. The fourth-order valence-electron chi connectivity index (χ4n) is 4.48. The number of aliphatic imine (C=N–C) groups is 1. The van der Waals surface area contributed by atoms with Gasteiger partial charge < -0.3 is 16.0 Å². The third-order valence-electron chi connectivity index (χ3n) is 5.70. The highest BCUT2D eigenvalue weighted by molar-refractivity contribution is 6.04. The minimum atomic E-state index is -0.612. The van der Waals surface area contributed by atoms with E-state index in [0.29, 0.717) is 30.6 Å². The maximum absolute atomic E-state index is 14.1. The molecule has 0 aromatic heterocycles. The number of carbonyl (C=O) groups is 1. The van der Waals surface area contributed by atoms with Crippen molar-refractivity contribution >= 4 is 17.4 Å². The monoisotopic (exact) mass is 350 g/mol. The number of amides is 1. The summed E-state index contributed by atoms with van der Waals surface area (Å²) >= 11 is 0. The van der Waals surface area contributed by atoms with E-state index in [1.807, 2.05) is 36.1 Å². The first-order valence-corrected chi connectivity index (χ1v) is 8.81. The number of fused-ring (bicyclic) bond motifs is 4. The van der Waals surface area contributed by atoms with E-state index in [1.54, 1.807) is 6.07 Å². The molecule has 3 aliphatic heterocycles. The average molecular weight is 350 g/mol. The van der Waals surface area contributed by atoms with Crippen LogP contribution < -0.4 is 11.1 Å². The van der Waals surface area contributed by atoms with Crippen LogP contribution in [0.2, 0.25) is 0 Å². The molecule has 3 heterocycles. The lowest BCUT2D eigenvalue weighted by molar-refractivity contribution is 0.0606. The van der Waals surface area contributed by atoms with Crippen LogP contribution >= 0.6 is 0 Å². The molecule has 5 nitrogen and oxygen atoms in total. The molecule has 5 rings (SSSR count). The molecule has 1 fully saturated rings. The van der Waals surface area contributed by atoms with Gasteiger partial charge in [-0.15, -0.1) is 0 Å². The van der Waals surface area contributed by atoms with Crippen LogP contribution in [0.25, 0.3) is 0 Å². The fraction of sp³-hybridized carbons (Fsp3) is 0.300. The number of benzene rings is 2. The van der Waals surface area contributed by atoms with Gasteiger partial charge in [-0.05, 0) is 30.7 Å². The molecule has 3 aliphatic rings. The molecule has 6 heteroatoms. The maximum Gasteiger partial charge on any atom is 0.254 e. The average Bonchev–Trinajstić information content (AvgIpc) is 2.86. The second-order valence-electron chi connectivity index (χ2n) is 7.38. The van der Waals surface area contributed by atoms with Crippen LogP contribution in [0.3, 0.4) is 0 Å². The largest absolute Gasteiger partial charge is 0.383 e. The predicted octanol–water partition coefficient (Wildman–Crippen LogP) is 2.95. The number of nitrogens with two attached hydrogens (primary N) is 1. The fourth-order valence-corrected chi connectivity index (χ4v) is 4.48. The van der Waals surface area contributed by atoms with Crippen molar-refractivity contribution in [2.45, 2.75) is 31.5 Å². The number of hydrogen-bond acceptors (Lipinski definition) is 4. The van der Waals surface area contributed by atoms with Gasteiger partial charge in [-0.3, -0.25) is 4.79 Å². The van der Waals surface area contributed by atoms with Crippen LogP contribution in [0.1, 0.15) is 45.9 Å². The Morgan fingerprint density at radius 2 is 2.19 bits per heavy atom. The number of piperidine rings is 1. The molecule has 0 radical (unpaired) electrons. The lowest BCUT2D eigenvalue weighted by Crippen LogP contribution is -2.51. The van der Waals surface area contributed by atoms with Crippen molar-refractivity contribution in [1.29, 1.82) is 0 Å². The smallest absolute Gasteiger partial charge is 0.254 e. The topological polar surface area (TPSA) is 70.7 Å². The summed E-state index contributed by atoms with van der Waals surface area (Å²) in [5.41, 5.74) is 9.41. The Hall–Kier alpha value is -2.89. The number of aryl methyl sites for hydroxylation is 1. The van der Waals surface area contributed by atoms with Crippen molar-refractivity contribution in [3.63, 3.8) is 0 Å². The van der Waals surface area contributed by atoms with Crippen molar-refractivity contribution < 1.29 is 9.18 Å². The van der Waals surface area contributed by atoms with E-state index in [-0.39, 0.29) is 23.6 Å². The van der Waals surface area contributed by atoms with Gasteiger partial charge in [0.25, 0.3) is 5.91 Å². The molecule has 132 valence electrons. The minimum absolute atomic E-state index is 0.0361. The maximum atomic E-state index is 14.1. The third kappa shape index (κ3) is 2.01. The molecule has 1 unspecified atom stereocenters. The van der Waals surface area contributed by atoms with Gasteiger partial charge in [-0.25, -0.2) is 9.38 Å². The first-order chi connectivity index (χ1) is 12.5. The van der Waals surface area contributed by atoms with E-state index in [2.05, 4.69) is 10.3 Å². The Morgan fingerprint density at radius 3 is 3.04 bits per heavy atom. The number of rotatable bonds is 0. The van der Waals surface area contributed by atoms with Gasteiger partial charge in [0.2, 0.25) is 0 Å². The zero-order chi connectivity index (χ0) is 18.1. The molecule has 0 saturated carbocycles. The summed E-state index contributed by atoms with van der Waals surface area (Å²) in [5, 5.41) is 3.41. The van der Waals surface area contributed by atoms with Crippen LogP contribution in [0.5, 0.6) is 0 Å². The number of hydrogen-bond donors (Lipinski definition) is 2. The van der Waals surface area contributed by atoms with E-state index >= 15 is 0 Å². The zero-order valence-corrected chi connectivity index (χ0v) is 14.4. The molecule has 2 atom stereocenters. The quantitative estimate of drug-likeness (QED) is 0.767. The third-order valence-corrected chi connectivity index (χ3v) is 5.70. The molecule has 0 aliphatic carbocycles. The van der Waals surface area contributed by atoms with Crippen molar-refractivity contribution in [2.24, 2.45) is 10.7 Å². The molecule has 1 spiro atoms. The SMILES string of the molecule is Cc1ccc2c(c1)C(=O)N1CC[C@]3(CC21)N=C(N)c1c(F)cccc1N3. The summed E-state index contributed by atoms with van der Waals surface area (Å²) in [6.45, 7) is 2.58. The number of nitrogens with zero attached hydrogens (tertiary/aromatic N) is 2. The minimum Gasteiger partial charge on any atom is -0.383 e. The van der Waals surface area contributed by atoms with Gasteiger partial charge in [-0.2, -0.15) is 0 Å². The number of nitrogens with one attached hydrogen (secondary N) is 1. The van der Waals surface area contributed by atoms with Crippen molar-refractivity contribution in [1.82, 2.24) is 4.90 Å². The second kappa shape index (κ2) is 5.06. The molecule has 2 aromatic carbocycles. The van der Waals surface area contributed by atoms with E-state index < -0.39 is 5.66 Å². The van der Waals surface area contributed by atoms with Gasteiger partial charge in [0.05, 0.1) is 11.6 Å². The zero-order valence-electron chi connectivity index (χ0n) is 14.4. The van der Waals surface area contributed by atoms with Crippen LogP contribution in [-0.4, -0.2) is 28.9 Å². The van der Waals surface area contributed by atoms with Crippen LogP contribution in [-0.2, 0) is 0 Å². The predicted molar refractivity (Wildman–Crippen MR) is 97.7 cm³/mol. The highest BCUT2D eigenvalue weighted by Crippen LogP contribution is 2.46. The van der Waals surface area contributed by atoms with E-state index in [9.17, 15) is 9.18 Å². The Balaban J connectivity index is 1.56. The van der Waals surface area contributed by atoms with Gasteiger partial charge >= 0.3 is 0 Å².